The van der Waals surface area contributed by atoms with Gasteiger partial charge in [-0.2, -0.15) is 0 Å². The second-order valence-electron chi connectivity index (χ2n) is 3.32. The van der Waals surface area contributed by atoms with Crippen LogP contribution in [0.15, 0.2) is 47.6 Å². The molecular weight excluding hydrogens is 170 g/mol. The summed E-state index contributed by atoms with van der Waals surface area (Å²) >= 11 is 0. The first-order chi connectivity index (χ1) is 6.88. The monoisotopic (exact) mass is 189 g/mol. The van der Waals surface area contributed by atoms with Gasteiger partial charge in [-0.25, -0.2) is 0 Å². The van der Waals surface area contributed by atoms with Crippen LogP contribution >= 0.6 is 0 Å². The lowest BCUT2D eigenvalue weighted by atomic mass is 10.0. The van der Waals surface area contributed by atoms with Crippen molar-refractivity contribution >= 4 is 0 Å². The zero-order valence-electron chi connectivity index (χ0n) is 9.09. The molecule has 1 N–H and O–H groups in total. The Balaban J connectivity index is 2.73. The van der Waals surface area contributed by atoms with Gasteiger partial charge in [-0.3, -0.25) is 0 Å². The zero-order chi connectivity index (χ0) is 10.2. The molecular formula is C13H19N. The molecule has 0 aliphatic heterocycles. The van der Waals surface area contributed by atoms with E-state index in [-0.39, 0.29) is 0 Å². The van der Waals surface area contributed by atoms with Gasteiger partial charge in [-0.05, 0) is 31.0 Å². The van der Waals surface area contributed by atoms with E-state index in [9.17, 15) is 0 Å². The SMILES string of the molecule is C/C=C\C(CNCC)=C1\C=CC=CC1. The van der Waals surface area contributed by atoms with E-state index in [1.807, 2.05) is 0 Å². The van der Waals surface area contributed by atoms with E-state index in [1.165, 1.54) is 11.1 Å². The van der Waals surface area contributed by atoms with Crippen LogP contribution in [0, 0.1) is 0 Å². The van der Waals surface area contributed by atoms with Crippen molar-refractivity contribution in [3.8, 4) is 0 Å². The second-order valence-corrected chi connectivity index (χ2v) is 3.32. The molecule has 0 spiro atoms. The highest BCUT2D eigenvalue weighted by molar-refractivity contribution is 5.39. The molecule has 0 aromatic carbocycles. The van der Waals surface area contributed by atoms with Crippen LogP contribution < -0.4 is 5.32 Å². The number of hydrogen-bond donors (Lipinski definition) is 1. The summed E-state index contributed by atoms with van der Waals surface area (Å²) in [5, 5.41) is 3.36. The molecule has 76 valence electrons. The molecule has 14 heavy (non-hydrogen) atoms. The van der Waals surface area contributed by atoms with E-state index in [0.717, 1.165) is 19.5 Å². The Morgan fingerprint density at radius 1 is 1.50 bits per heavy atom. The van der Waals surface area contributed by atoms with Crippen LogP contribution in [-0.2, 0) is 0 Å². The maximum Gasteiger partial charge on any atom is 0.0208 e. The topological polar surface area (TPSA) is 12.0 Å². The smallest absolute Gasteiger partial charge is 0.0208 e. The van der Waals surface area contributed by atoms with Gasteiger partial charge in [0, 0.05) is 6.54 Å². The Bertz CT molecular complexity index is 280. The molecule has 0 aromatic heterocycles. The summed E-state index contributed by atoms with van der Waals surface area (Å²) < 4.78 is 0. The number of likely N-dealkylation sites (N-methyl/N-ethyl adjacent to an activating group) is 1. The standard InChI is InChI=1S/C13H19N/c1-3-8-13(11-14-4-2)12-9-6-5-7-10-12/h3,5-9,14H,4,10-11H2,1-2H3/b8-3-,13-12+. The first kappa shape index (κ1) is 11.0. The van der Waals surface area contributed by atoms with Crippen LogP contribution in [0.3, 0.4) is 0 Å². The summed E-state index contributed by atoms with van der Waals surface area (Å²) in [6.07, 6.45) is 14.0. The van der Waals surface area contributed by atoms with Crippen molar-refractivity contribution in [3.05, 3.63) is 47.6 Å². The van der Waals surface area contributed by atoms with Gasteiger partial charge in [-0.1, -0.05) is 43.4 Å². The molecule has 0 aromatic rings. The summed E-state index contributed by atoms with van der Waals surface area (Å²) in [7, 11) is 0. The lowest BCUT2D eigenvalue weighted by Crippen LogP contribution is -2.16. The molecule has 1 heteroatoms. The van der Waals surface area contributed by atoms with Crippen LogP contribution in [0.2, 0.25) is 0 Å². The molecule has 0 radical (unpaired) electrons. The molecule has 1 rings (SSSR count). The van der Waals surface area contributed by atoms with Crippen LogP contribution in [0.25, 0.3) is 0 Å². The van der Waals surface area contributed by atoms with E-state index in [0.29, 0.717) is 0 Å². The minimum Gasteiger partial charge on any atom is -0.313 e. The van der Waals surface area contributed by atoms with Gasteiger partial charge in [0.15, 0.2) is 0 Å². The average molecular weight is 189 g/mol. The molecule has 1 aliphatic rings. The summed E-state index contributed by atoms with van der Waals surface area (Å²) in [5.74, 6) is 0. The van der Waals surface area contributed by atoms with Crippen LogP contribution in [0.4, 0.5) is 0 Å². The molecule has 1 aliphatic carbocycles. The maximum atomic E-state index is 3.36. The van der Waals surface area contributed by atoms with Gasteiger partial charge in [0.1, 0.15) is 0 Å². The lowest BCUT2D eigenvalue weighted by Gasteiger charge is -2.10. The third kappa shape index (κ3) is 3.35. The Morgan fingerprint density at radius 3 is 2.93 bits per heavy atom. The fraction of sp³-hybridized carbons (Fsp3) is 0.385. The summed E-state index contributed by atoms with van der Waals surface area (Å²) in [6.45, 7) is 6.19. The number of allylic oxidation sites excluding steroid dienone is 6. The van der Waals surface area contributed by atoms with Crippen molar-refractivity contribution < 1.29 is 0 Å². The van der Waals surface area contributed by atoms with Crippen LogP contribution in [-0.4, -0.2) is 13.1 Å². The minimum atomic E-state index is 0.967. The summed E-state index contributed by atoms with van der Waals surface area (Å²) in [5.41, 5.74) is 2.82. The Hall–Kier alpha value is -1.08. The van der Waals surface area contributed by atoms with Crippen molar-refractivity contribution in [3.63, 3.8) is 0 Å². The van der Waals surface area contributed by atoms with E-state index in [1.54, 1.807) is 0 Å². The van der Waals surface area contributed by atoms with Crippen molar-refractivity contribution in [2.75, 3.05) is 13.1 Å². The number of rotatable bonds is 4. The Labute approximate surface area is 86.9 Å². The normalized spacial score (nSPS) is 19.3. The van der Waals surface area contributed by atoms with E-state index in [4.69, 9.17) is 0 Å². The van der Waals surface area contributed by atoms with E-state index in [2.05, 4.69) is 55.6 Å². The molecule has 0 heterocycles. The lowest BCUT2D eigenvalue weighted by molar-refractivity contribution is 0.780. The van der Waals surface area contributed by atoms with Crippen molar-refractivity contribution in [1.82, 2.24) is 5.32 Å². The first-order valence-corrected chi connectivity index (χ1v) is 5.27. The van der Waals surface area contributed by atoms with Gasteiger partial charge < -0.3 is 5.32 Å². The fourth-order valence-electron chi connectivity index (χ4n) is 1.49. The predicted octanol–water partition coefficient (Wildman–Crippen LogP) is 2.98. The minimum absolute atomic E-state index is 0.967. The molecule has 0 saturated carbocycles. The molecule has 0 fully saturated rings. The second kappa shape index (κ2) is 6.39. The van der Waals surface area contributed by atoms with Crippen molar-refractivity contribution in [2.24, 2.45) is 0 Å². The van der Waals surface area contributed by atoms with E-state index < -0.39 is 0 Å². The average Bonchev–Trinajstić information content (AvgIpc) is 2.25. The van der Waals surface area contributed by atoms with Gasteiger partial charge in [0.25, 0.3) is 0 Å². The van der Waals surface area contributed by atoms with Crippen molar-refractivity contribution in [1.29, 1.82) is 0 Å². The zero-order valence-corrected chi connectivity index (χ0v) is 9.09. The Morgan fingerprint density at radius 2 is 2.36 bits per heavy atom. The molecule has 1 nitrogen and oxygen atoms in total. The summed E-state index contributed by atoms with van der Waals surface area (Å²) in [6, 6.07) is 0. The van der Waals surface area contributed by atoms with Crippen LogP contribution in [0.5, 0.6) is 0 Å². The highest BCUT2D eigenvalue weighted by Gasteiger charge is 2.01. The Kier molecular flexibility index (Phi) is 5.02. The third-order valence-corrected chi connectivity index (χ3v) is 2.23. The third-order valence-electron chi connectivity index (χ3n) is 2.23. The highest BCUT2D eigenvalue weighted by Crippen LogP contribution is 2.15. The highest BCUT2D eigenvalue weighted by atomic mass is 14.8. The van der Waals surface area contributed by atoms with Crippen LogP contribution in [0.1, 0.15) is 20.3 Å². The van der Waals surface area contributed by atoms with E-state index >= 15 is 0 Å². The van der Waals surface area contributed by atoms with Gasteiger partial charge in [-0.15, -0.1) is 0 Å². The molecule has 0 amide bonds. The molecule has 0 unspecified atom stereocenters. The first-order valence-electron chi connectivity index (χ1n) is 5.27. The summed E-state index contributed by atoms with van der Waals surface area (Å²) in [4.78, 5) is 0. The van der Waals surface area contributed by atoms with Gasteiger partial charge in [0.2, 0.25) is 0 Å². The van der Waals surface area contributed by atoms with Gasteiger partial charge >= 0.3 is 0 Å². The predicted molar refractivity (Wildman–Crippen MR) is 63.3 cm³/mol. The largest absolute Gasteiger partial charge is 0.313 e. The molecule has 0 atom stereocenters. The number of nitrogens with one attached hydrogen (secondary N) is 1. The maximum absolute atomic E-state index is 3.36. The molecule has 0 saturated heterocycles. The van der Waals surface area contributed by atoms with Crippen molar-refractivity contribution in [2.45, 2.75) is 20.3 Å². The number of hydrogen-bond acceptors (Lipinski definition) is 1. The van der Waals surface area contributed by atoms with Gasteiger partial charge in [0.05, 0.1) is 0 Å². The quantitative estimate of drug-likeness (QED) is 0.717. The molecule has 0 bridgehead atoms. The fourth-order valence-corrected chi connectivity index (χ4v) is 1.49.